The monoisotopic (exact) mass is 218 g/mol. The van der Waals surface area contributed by atoms with Crippen LogP contribution in [0.4, 0.5) is 0 Å². The third-order valence-corrected chi connectivity index (χ3v) is 2.45. The summed E-state index contributed by atoms with van der Waals surface area (Å²) in [4.78, 5) is 14.9. The van der Waals surface area contributed by atoms with Crippen LogP contribution in [0, 0.1) is 0 Å². The van der Waals surface area contributed by atoms with E-state index in [0.29, 0.717) is 18.5 Å². The number of carbonyl (C=O) groups excluding carboxylic acids is 1. The number of amides is 1. The zero-order chi connectivity index (χ0) is 11.4. The summed E-state index contributed by atoms with van der Waals surface area (Å²) in [6.45, 7) is 0.583. The van der Waals surface area contributed by atoms with Gasteiger partial charge in [0.2, 0.25) is 0 Å². The van der Waals surface area contributed by atoms with Crippen molar-refractivity contribution in [1.29, 1.82) is 0 Å². The first-order valence-electron chi connectivity index (χ1n) is 5.28. The SMILES string of the molecule is O=C(NCCCO)c1cccc2cc[nH]c12. The lowest BCUT2D eigenvalue weighted by Crippen LogP contribution is -2.25. The van der Waals surface area contributed by atoms with Crippen molar-refractivity contribution in [3.8, 4) is 0 Å². The van der Waals surface area contributed by atoms with E-state index in [1.807, 2.05) is 24.4 Å². The summed E-state index contributed by atoms with van der Waals surface area (Å²) < 4.78 is 0. The van der Waals surface area contributed by atoms with Crippen LogP contribution in [0.15, 0.2) is 30.5 Å². The third kappa shape index (κ3) is 2.06. The molecule has 0 aliphatic rings. The minimum atomic E-state index is -0.110. The van der Waals surface area contributed by atoms with Gasteiger partial charge >= 0.3 is 0 Å². The molecule has 0 saturated carbocycles. The molecule has 0 radical (unpaired) electrons. The van der Waals surface area contributed by atoms with Crippen molar-refractivity contribution in [3.63, 3.8) is 0 Å². The summed E-state index contributed by atoms with van der Waals surface area (Å²) in [7, 11) is 0. The van der Waals surface area contributed by atoms with Crippen molar-refractivity contribution in [2.24, 2.45) is 0 Å². The number of rotatable bonds is 4. The molecule has 84 valence electrons. The number of aliphatic hydroxyl groups excluding tert-OH is 1. The minimum Gasteiger partial charge on any atom is -0.396 e. The standard InChI is InChI=1S/C12H14N2O2/c15-8-2-6-14-12(16)10-4-1-3-9-5-7-13-11(9)10/h1,3-5,7,13,15H,2,6,8H2,(H,14,16). The Labute approximate surface area is 93.3 Å². The minimum absolute atomic E-state index is 0.0903. The fourth-order valence-electron chi connectivity index (χ4n) is 1.65. The largest absolute Gasteiger partial charge is 0.396 e. The number of aromatic amines is 1. The molecule has 0 fully saturated rings. The van der Waals surface area contributed by atoms with Crippen LogP contribution >= 0.6 is 0 Å². The lowest BCUT2D eigenvalue weighted by Gasteiger charge is -2.05. The van der Waals surface area contributed by atoms with Crippen LogP contribution in [-0.4, -0.2) is 29.1 Å². The van der Waals surface area contributed by atoms with Crippen LogP contribution in [0.2, 0.25) is 0 Å². The summed E-state index contributed by atoms with van der Waals surface area (Å²) in [6, 6.07) is 7.53. The third-order valence-electron chi connectivity index (χ3n) is 2.45. The Morgan fingerprint density at radius 1 is 1.38 bits per heavy atom. The predicted molar refractivity (Wildman–Crippen MR) is 62.3 cm³/mol. The maximum Gasteiger partial charge on any atom is 0.253 e. The van der Waals surface area contributed by atoms with Gasteiger partial charge in [0.15, 0.2) is 0 Å². The van der Waals surface area contributed by atoms with E-state index in [-0.39, 0.29) is 12.5 Å². The normalized spacial score (nSPS) is 10.6. The number of para-hydroxylation sites is 1. The molecule has 0 saturated heterocycles. The second kappa shape index (κ2) is 4.81. The molecule has 0 atom stereocenters. The number of fused-ring (bicyclic) bond motifs is 1. The van der Waals surface area contributed by atoms with Crippen LogP contribution in [0.5, 0.6) is 0 Å². The second-order valence-corrected chi connectivity index (χ2v) is 3.58. The van der Waals surface area contributed by atoms with E-state index in [2.05, 4.69) is 10.3 Å². The molecule has 0 unspecified atom stereocenters. The first-order valence-corrected chi connectivity index (χ1v) is 5.28. The maximum absolute atomic E-state index is 11.8. The Bertz CT molecular complexity index is 490. The lowest BCUT2D eigenvalue weighted by atomic mass is 10.1. The molecule has 0 spiro atoms. The summed E-state index contributed by atoms with van der Waals surface area (Å²) in [5, 5.41) is 12.4. The van der Waals surface area contributed by atoms with Crippen molar-refractivity contribution >= 4 is 16.8 Å². The Morgan fingerprint density at radius 2 is 2.25 bits per heavy atom. The van der Waals surface area contributed by atoms with E-state index >= 15 is 0 Å². The van der Waals surface area contributed by atoms with Gasteiger partial charge in [0, 0.05) is 24.7 Å². The number of carbonyl (C=O) groups is 1. The number of hydrogen-bond donors (Lipinski definition) is 3. The number of hydrogen-bond acceptors (Lipinski definition) is 2. The molecule has 0 bridgehead atoms. The number of aliphatic hydroxyl groups is 1. The molecule has 1 aromatic heterocycles. The van der Waals surface area contributed by atoms with Crippen LogP contribution in [0.25, 0.3) is 10.9 Å². The van der Waals surface area contributed by atoms with Gasteiger partial charge in [-0.05, 0) is 18.6 Å². The van der Waals surface area contributed by atoms with E-state index in [1.165, 1.54) is 0 Å². The highest BCUT2D eigenvalue weighted by Crippen LogP contribution is 2.16. The van der Waals surface area contributed by atoms with Gasteiger partial charge in [0.1, 0.15) is 0 Å². The van der Waals surface area contributed by atoms with Gasteiger partial charge in [0.25, 0.3) is 5.91 Å². The van der Waals surface area contributed by atoms with Gasteiger partial charge < -0.3 is 15.4 Å². The fraction of sp³-hybridized carbons (Fsp3) is 0.250. The first-order chi connectivity index (χ1) is 7.83. The Kier molecular flexibility index (Phi) is 3.22. The van der Waals surface area contributed by atoms with Gasteiger partial charge in [-0.25, -0.2) is 0 Å². The molecule has 1 heterocycles. The fourth-order valence-corrected chi connectivity index (χ4v) is 1.65. The molecule has 1 aromatic carbocycles. The van der Waals surface area contributed by atoms with Crippen molar-refractivity contribution in [2.75, 3.05) is 13.2 Å². The van der Waals surface area contributed by atoms with E-state index < -0.39 is 0 Å². The van der Waals surface area contributed by atoms with E-state index in [9.17, 15) is 4.79 Å². The first kappa shape index (κ1) is 10.7. The number of benzene rings is 1. The van der Waals surface area contributed by atoms with Crippen molar-refractivity contribution in [3.05, 3.63) is 36.0 Å². The van der Waals surface area contributed by atoms with Crippen LogP contribution in [0.3, 0.4) is 0 Å². The summed E-state index contributed by atoms with van der Waals surface area (Å²) in [5.41, 5.74) is 1.49. The van der Waals surface area contributed by atoms with Gasteiger partial charge in [-0.1, -0.05) is 12.1 Å². The van der Waals surface area contributed by atoms with Gasteiger partial charge in [-0.2, -0.15) is 0 Å². The number of aromatic nitrogens is 1. The van der Waals surface area contributed by atoms with Crippen molar-refractivity contribution in [1.82, 2.24) is 10.3 Å². The van der Waals surface area contributed by atoms with Crippen molar-refractivity contribution < 1.29 is 9.90 Å². The molecule has 0 aliphatic carbocycles. The maximum atomic E-state index is 11.8. The van der Waals surface area contributed by atoms with Crippen LogP contribution in [-0.2, 0) is 0 Å². The molecule has 2 rings (SSSR count). The van der Waals surface area contributed by atoms with Crippen molar-refractivity contribution in [2.45, 2.75) is 6.42 Å². The van der Waals surface area contributed by atoms with Gasteiger partial charge in [-0.3, -0.25) is 4.79 Å². The smallest absolute Gasteiger partial charge is 0.253 e. The molecular weight excluding hydrogens is 204 g/mol. The zero-order valence-electron chi connectivity index (χ0n) is 8.86. The highest BCUT2D eigenvalue weighted by molar-refractivity contribution is 6.05. The molecule has 2 aromatic rings. The van der Waals surface area contributed by atoms with E-state index in [4.69, 9.17) is 5.11 Å². The Hall–Kier alpha value is -1.81. The topological polar surface area (TPSA) is 65.1 Å². The molecule has 1 amide bonds. The van der Waals surface area contributed by atoms with E-state index in [0.717, 1.165) is 10.9 Å². The average molecular weight is 218 g/mol. The number of nitrogens with one attached hydrogen (secondary N) is 2. The van der Waals surface area contributed by atoms with Gasteiger partial charge in [-0.15, -0.1) is 0 Å². The highest BCUT2D eigenvalue weighted by Gasteiger charge is 2.09. The molecule has 16 heavy (non-hydrogen) atoms. The second-order valence-electron chi connectivity index (χ2n) is 3.58. The Balaban J connectivity index is 2.19. The molecule has 3 N–H and O–H groups in total. The molecular formula is C12H14N2O2. The molecule has 4 heteroatoms. The number of H-pyrrole nitrogens is 1. The summed E-state index contributed by atoms with van der Waals surface area (Å²) in [5.74, 6) is -0.110. The summed E-state index contributed by atoms with van der Waals surface area (Å²) in [6.07, 6.45) is 2.39. The Morgan fingerprint density at radius 3 is 3.06 bits per heavy atom. The van der Waals surface area contributed by atoms with Gasteiger partial charge in [0.05, 0.1) is 11.1 Å². The quantitative estimate of drug-likeness (QED) is 0.677. The van der Waals surface area contributed by atoms with E-state index in [1.54, 1.807) is 6.07 Å². The average Bonchev–Trinajstić information content (AvgIpc) is 2.76. The molecule has 4 nitrogen and oxygen atoms in total. The highest BCUT2D eigenvalue weighted by atomic mass is 16.3. The lowest BCUT2D eigenvalue weighted by molar-refractivity contribution is 0.0952. The van der Waals surface area contributed by atoms with Crippen LogP contribution < -0.4 is 5.32 Å². The zero-order valence-corrected chi connectivity index (χ0v) is 8.86. The summed E-state index contributed by atoms with van der Waals surface area (Å²) >= 11 is 0. The predicted octanol–water partition coefficient (Wildman–Crippen LogP) is 1.28. The van der Waals surface area contributed by atoms with Crippen LogP contribution in [0.1, 0.15) is 16.8 Å². The molecule has 0 aliphatic heterocycles.